The summed E-state index contributed by atoms with van der Waals surface area (Å²) < 4.78 is 25.7. The lowest BCUT2D eigenvalue weighted by Gasteiger charge is -2.30. The number of amides is 1. The molecule has 6 nitrogen and oxygen atoms in total. The van der Waals surface area contributed by atoms with Gasteiger partial charge in [-0.05, 0) is 37.9 Å². The number of rotatable bonds is 5. The Bertz CT molecular complexity index is 560. The summed E-state index contributed by atoms with van der Waals surface area (Å²) in [7, 11) is 0. The van der Waals surface area contributed by atoms with Gasteiger partial charge in [-0.25, -0.2) is 4.68 Å². The lowest BCUT2D eigenvalue weighted by atomic mass is 9.95. The second-order valence-electron chi connectivity index (χ2n) is 6.73. The fourth-order valence-electron chi connectivity index (χ4n) is 3.71. The molecule has 2 saturated heterocycles. The first-order chi connectivity index (χ1) is 11.6. The number of hydrogen-bond donors (Lipinski definition) is 1. The number of aromatic nitrogens is 2. The van der Waals surface area contributed by atoms with E-state index in [1.807, 2.05) is 0 Å². The highest BCUT2D eigenvalue weighted by Gasteiger charge is 2.36. The molecule has 0 bridgehead atoms. The summed E-state index contributed by atoms with van der Waals surface area (Å²) in [5.74, 6) is -0.0868. The first-order valence-electron chi connectivity index (χ1n) is 8.54. The van der Waals surface area contributed by atoms with Gasteiger partial charge in [0.05, 0.1) is 0 Å². The highest BCUT2D eigenvalue weighted by Crippen LogP contribution is 2.26. The lowest BCUT2D eigenvalue weighted by molar-refractivity contribution is 0.0553. The van der Waals surface area contributed by atoms with Gasteiger partial charge in [0.15, 0.2) is 5.69 Å². The molecule has 0 saturated carbocycles. The van der Waals surface area contributed by atoms with E-state index in [1.54, 1.807) is 4.90 Å². The Morgan fingerprint density at radius 1 is 1.25 bits per heavy atom. The maximum absolute atomic E-state index is 12.6. The van der Waals surface area contributed by atoms with Gasteiger partial charge in [0, 0.05) is 38.4 Å². The third-order valence-corrected chi connectivity index (χ3v) is 5.07. The molecule has 1 N–H and O–H groups in total. The molecule has 1 aromatic heterocycles. The van der Waals surface area contributed by atoms with Crippen LogP contribution in [0.3, 0.4) is 0 Å². The van der Waals surface area contributed by atoms with Crippen LogP contribution in [0, 0.1) is 11.8 Å². The number of halogens is 2. The molecular formula is C16H24F2N4O2. The van der Waals surface area contributed by atoms with Crippen LogP contribution in [0.2, 0.25) is 0 Å². The number of alkyl halides is 2. The van der Waals surface area contributed by atoms with Gasteiger partial charge in [0.25, 0.3) is 5.91 Å². The van der Waals surface area contributed by atoms with E-state index in [0.29, 0.717) is 17.8 Å². The quantitative estimate of drug-likeness (QED) is 0.880. The van der Waals surface area contributed by atoms with E-state index in [-0.39, 0.29) is 30.0 Å². The Morgan fingerprint density at radius 3 is 2.58 bits per heavy atom. The fourth-order valence-corrected chi connectivity index (χ4v) is 3.71. The molecule has 1 aromatic rings. The van der Waals surface area contributed by atoms with E-state index in [0.717, 1.165) is 25.8 Å². The molecule has 3 heterocycles. The summed E-state index contributed by atoms with van der Waals surface area (Å²) in [5, 5.41) is 13.3. The molecule has 8 heteroatoms. The average Bonchev–Trinajstić information content (AvgIpc) is 3.22. The summed E-state index contributed by atoms with van der Waals surface area (Å²) in [5.41, 5.74) is 0.0330. The lowest BCUT2D eigenvalue weighted by Crippen LogP contribution is -2.37. The SMILES string of the molecule is O=C(c1ccn(C(F)F)n1)N1C[C@@H](CO)[C@@H](CN2CCCCC2)C1. The van der Waals surface area contributed by atoms with Crippen LogP contribution < -0.4 is 0 Å². The zero-order valence-corrected chi connectivity index (χ0v) is 13.7. The van der Waals surface area contributed by atoms with Crippen molar-refractivity contribution >= 4 is 5.91 Å². The van der Waals surface area contributed by atoms with Crippen molar-refractivity contribution in [3.05, 3.63) is 18.0 Å². The highest BCUT2D eigenvalue weighted by atomic mass is 19.3. The number of nitrogens with zero attached hydrogens (tertiary/aromatic N) is 4. The summed E-state index contributed by atoms with van der Waals surface area (Å²) >= 11 is 0. The van der Waals surface area contributed by atoms with Crippen molar-refractivity contribution in [2.24, 2.45) is 11.8 Å². The van der Waals surface area contributed by atoms with Gasteiger partial charge in [-0.1, -0.05) is 6.42 Å². The number of carbonyl (C=O) groups excluding carboxylic acids is 1. The Morgan fingerprint density at radius 2 is 1.96 bits per heavy atom. The number of carbonyl (C=O) groups is 1. The summed E-state index contributed by atoms with van der Waals surface area (Å²) in [6, 6.07) is 1.32. The molecule has 2 atom stereocenters. The predicted octanol–water partition coefficient (Wildman–Crippen LogP) is 1.44. The molecule has 0 unspecified atom stereocenters. The minimum atomic E-state index is -2.75. The van der Waals surface area contributed by atoms with Crippen molar-refractivity contribution < 1.29 is 18.7 Å². The molecule has 0 spiro atoms. The van der Waals surface area contributed by atoms with Gasteiger partial charge in [-0.3, -0.25) is 4.79 Å². The Labute approximate surface area is 140 Å². The molecule has 0 radical (unpaired) electrons. The smallest absolute Gasteiger partial charge is 0.333 e. The molecule has 0 aromatic carbocycles. The molecule has 2 fully saturated rings. The second-order valence-corrected chi connectivity index (χ2v) is 6.73. The van der Waals surface area contributed by atoms with Crippen molar-refractivity contribution in [3.63, 3.8) is 0 Å². The first-order valence-corrected chi connectivity index (χ1v) is 8.54. The Balaban J connectivity index is 1.62. The van der Waals surface area contributed by atoms with Gasteiger partial charge in [0.2, 0.25) is 0 Å². The zero-order chi connectivity index (χ0) is 17.1. The normalized spacial score (nSPS) is 25.6. The standard InChI is InChI=1S/C16H24F2N4O2/c17-16(18)22-7-4-14(19-22)15(24)21-9-12(13(10-21)11-23)8-20-5-2-1-3-6-20/h4,7,12-13,16,23H,1-3,5-6,8-11H2/t12-,13-/m0/s1. The number of aliphatic hydroxyl groups is 1. The van der Waals surface area contributed by atoms with E-state index >= 15 is 0 Å². The van der Waals surface area contributed by atoms with Crippen LogP contribution in [0.1, 0.15) is 36.3 Å². The monoisotopic (exact) mass is 342 g/mol. The van der Waals surface area contributed by atoms with E-state index in [1.165, 1.54) is 25.3 Å². The van der Waals surface area contributed by atoms with Gasteiger partial charge >= 0.3 is 6.55 Å². The van der Waals surface area contributed by atoms with Crippen molar-refractivity contribution in [1.29, 1.82) is 0 Å². The fraction of sp³-hybridized carbons (Fsp3) is 0.750. The van der Waals surface area contributed by atoms with Crippen molar-refractivity contribution in [2.75, 3.05) is 39.3 Å². The van der Waals surface area contributed by atoms with Crippen LogP contribution in [0.15, 0.2) is 12.3 Å². The van der Waals surface area contributed by atoms with E-state index < -0.39 is 6.55 Å². The van der Waals surface area contributed by atoms with Crippen molar-refractivity contribution in [3.8, 4) is 0 Å². The molecular weight excluding hydrogens is 318 g/mol. The second kappa shape index (κ2) is 7.57. The molecule has 134 valence electrons. The van der Waals surface area contributed by atoms with Gasteiger partial charge < -0.3 is 14.9 Å². The van der Waals surface area contributed by atoms with Gasteiger partial charge in [-0.15, -0.1) is 0 Å². The van der Waals surface area contributed by atoms with Gasteiger partial charge in [-0.2, -0.15) is 13.9 Å². The van der Waals surface area contributed by atoms with Crippen LogP contribution in [-0.4, -0.2) is 69.9 Å². The Hall–Kier alpha value is -1.54. The molecule has 2 aliphatic heterocycles. The third kappa shape index (κ3) is 3.75. The largest absolute Gasteiger partial charge is 0.396 e. The van der Waals surface area contributed by atoms with Crippen LogP contribution in [0.25, 0.3) is 0 Å². The number of piperidine rings is 1. The highest BCUT2D eigenvalue weighted by molar-refractivity contribution is 5.92. The van der Waals surface area contributed by atoms with Crippen LogP contribution >= 0.6 is 0 Å². The summed E-state index contributed by atoms with van der Waals surface area (Å²) in [4.78, 5) is 16.5. The van der Waals surface area contributed by atoms with E-state index in [9.17, 15) is 18.7 Å². The van der Waals surface area contributed by atoms with Crippen LogP contribution in [0.4, 0.5) is 8.78 Å². The molecule has 3 rings (SSSR count). The zero-order valence-electron chi connectivity index (χ0n) is 13.7. The van der Waals surface area contributed by atoms with Crippen molar-refractivity contribution in [1.82, 2.24) is 19.6 Å². The number of aliphatic hydroxyl groups excluding tert-OH is 1. The van der Waals surface area contributed by atoms with Crippen LogP contribution in [0.5, 0.6) is 0 Å². The van der Waals surface area contributed by atoms with E-state index in [2.05, 4.69) is 10.00 Å². The molecule has 2 aliphatic rings. The minimum absolute atomic E-state index is 0.0330. The summed E-state index contributed by atoms with van der Waals surface area (Å²) in [6.07, 6.45) is 4.78. The average molecular weight is 342 g/mol. The number of hydrogen-bond acceptors (Lipinski definition) is 4. The van der Waals surface area contributed by atoms with Gasteiger partial charge in [0.1, 0.15) is 0 Å². The minimum Gasteiger partial charge on any atom is -0.396 e. The number of likely N-dealkylation sites (tertiary alicyclic amines) is 2. The Kier molecular flexibility index (Phi) is 5.45. The maximum Gasteiger partial charge on any atom is 0.333 e. The first kappa shape index (κ1) is 17.3. The predicted molar refractivity (Wildman–Crippen MR) is 83.7 cm³/mol. The van der Waals surface area contributed by atoms with Crippen molar-refractivity contribution in [2.45, 2.75) is 25.8 Å². The molecule has 1 amide bonds. The van der Waals surface area contributed by atoms with Crippen LogP contribution in [-0.2, 0) is 0 Å². The summed E-state index contributed by atoms with van der Waals surface area (Å²) in [6.45, 7) is 1.30. The third-order valence-electron chi connectivity index (χ3n) is 5.07. The molecule has 0 aliphatic carbocycles. The van der Waals surface area contributed by atoms with E-state index in [4.69, 9.17) is 0 Å². The topological polar surface area (TPSA) is 61.6 Å². The molecule has 24 heavy (non-hydrogen) atoms. The maximum atomic E-state index is 12.6.